The average Bonchev–Trinajstić information content (AvgIpc) is 2.93. The summed E-state index contributed by atoms with van der Waals surface area (Å²) in [4.78, 5) is 12.0. The molecule has 0 radical (unpaired) electrons. The molecule has 3 N–H and O–H groups in total. The van der Waals surface area contributed by atoms with Crippen molar-refractivity contribution in [3.8, 4) is 0 Å². The summed E-state index contributed by atoms with van der Waals surface area (Å²) in [5.74, 6) is 1.19. The topological polar surface area (TPSA) is 69.8 Å². The Labute approximate surface area is 126 Å². The predicted octanol–water partition coefficient (Wildman–Crippen LogP) is 2.03. The number of halogens is 1. The van der Waals surface area contributed by atoms with Gasteiger partial charge in [-0.2, -0.15) is 5.10 Å². The molecule has 0 aromatic carbocycles. The number of piperidine rings is 1. The first-order valence-corrected chi connectivity index (χ1v) is 7.15. The van der Waals surface area contributed by atoms with Gasteiger partial charge in [-0.15, -0.1) is 12.4 Å². The molecule has 5 nitrogen and oxygen atoms in total. The van der Waals surface area contributed by atoms with Gasteiger partial charge in [0.1, 0.15) is 0 Å². The van der Waals surface area contributed by atoms with E-state index in [2.05, 4.69) is 27.8 Å². The van der Waals surface area contributed by atoms with Gasteiger partial charge >= 0.3 is 0 Å². The Hall–Kier alpha value is -1.07. The molecule has 114 valence electrons. The first-order chi connectivity index (χ1) is 9.16. The number of aromatic nitrogens is 2. The van der Waals surface area contributed by atoms with Crippen LogP contribution in [0.3, 0.4) is 0 Å². The van der Waals surface area contributed by atoms with E-state index in [1.807, 2.05) is 13.1 Å². The highest BCUT2D eigenvalue weighted by Crippen LogP contribution is 2.22. The van der Waals surface area contributed by atoms with Gasteiger partial charge in [-0.25, -0.2) is 0 Å². The molecule has 2 rings (SSSR count). The lowest BCUT2D eigenvalue weighted by atomic mass is 9.85. The van der Waals surface area contributed by atoms with E-state index < -0.39 is 0 Å². The molecule has 1 amide bonds. The molecular formula is C14H25ClN4O. The molecule has 1 aromatic heterocycles. The molecule has 1 aliphatic rings. The number of carbonyl (C=O) groups excluding carboxylic acids is 1. The van der Waals surface area contributed by atoms with Gasteiger partial charge in [-0.3, -0.25) is 9.89 Å². The fourth-order valence-electron chi connectivity index (χ4n) is 2.70. The highest BCUT2D eigenvalue weighted by molar-refractivity contribution is 5.85. The highest BCUT2D eigenvalue weighted by atomic mass is 35.5. The number of hydrogen-bond donors (Lipinski definition) is 3. The second-order valence-electron chi connectivity index (χ2n) is 5.61. The molecule has 3 atom stereocenters. The van der Waals surface area contributed by atoms with Gasteiger partial charge in [0.2, 0.25) is 5.91 Å². The van der Waals surface area contributed by atoms with Gasteiger partial charge in [0, 0.05) is 18.2 Å². The first kappa shape index (κ1) is 17.0. The van der Waals surface area contributed by atoms with Crippen LogP contribution < -0.4 is 10.6 Å². The average molecular weight is 301 g/mol. The fourth-order valence-corrected chi connectivity index (χ4v) is 2.70. The van der Waals surface area contributed by atoms with Crippen LogP contribution in [-0.2, 0) is 4.79 Å². The highest BCUT2D eigenvalue weighted by Gasteiger charge is 2.22. The Bertz CT molecular complexity index is 390. The van der Waals surface area contributed by atoms with Crippen molar-refractivity contribution in [1.29, 1.82) is 0 Å². The van der Waals surface area contributed by atoms with Crippen LogP contribution >= 0.6 is 12.4 Å². The van der Waals surface area contributed by atoms with Gasteiger partial charge in [0.25, 0.3) is 0 Å². The van der Waals surface area contributed by atoms with Crippen LogP contribution in [0.1, 0.15) is 44.7 Å². The molecule has 0 bridgehead atoms. The van der Waals surface area contributed by atoms with E-state index >= 15 is 0 Å². The maximum absolute atomic E-state index is 12.0. The van der Waals surface area contributed by atoms with E-state index in [-0.39, 0.29) is 24.4 Å². The first-order valence-electron chi connectivity index (χ1n) is 7.15. The normalized spacial score (nSPS) is 21.6. The Morgan fingerprint density at radius 1 is 1.55 bits per heavy atom. The smallest absolute Gasteiger partial charge is 0.220 e. The second-order valence-corrected chi connectivity index (χ2v) is 5.61. The minimum absolute atomic E-state index is 0. The Morgan fingerprint density at radius 3 is 2.95 bits per heavy atom. The number of H-pyrrole nitrogens is 1. The third-order valence-corrected chi connectivity index (χ3v) is 4.04. The molecular weight excluding hydrogens is 276 g/mol. The lowest BCUT2D eigenvalue weighted by molar-refractivity contribution is -0.123. The summed E-state index contributed by atoms with van der Waals surface area (Å²) in [6.45, 7) is 6.33. The minimum Gasteiger partial charge on any atom is -0.349 e. The van der Waals surface area contributed by atoms with Gasteiger partial charge in [0.15, 0.2) is 0 Å². The number of amides is 1. The van der Waals surface area contributed by atoms with Crippen LogP contribution in [0.25, 0.3) is 0 Å². The van der Waals surface area contributed by atoms with Gasteiger partial charge < -0.3 is 10.6 Å². The number of rotatable bonds is 5. The van der Waals surface area contributed by atoms with Crippen LogP contribution in [0.5, 0.6) is 0 Å². The van der Waals surface area contributed by atoms with Crippen molar-refractivity contribution >= 4 is 18.3 Å². The Morgan fingerprint density at radius 2 is 2.35 bits per heavy atom. The van der Waals surface area contributed by atoms with Crippen molar-refractivity contribution in [3.05, 3.63) is 18.0 Å². The van der Waals surface area contributed by atoms with Crippen LogP contribution in [-0.4, -0.2) is 29.2 Å². The van der Waals surface area contributed by atoms with E-state index in [1.54, 1.807) is 6.20 Å². The summed E-state index contributed by atoms with van der Waals surface area (Å²) < 4.78 is 0. The summed E-state index contributed by atoms with van der Waals surface area (Å²) in [5.41, 5.74) is 1.01. The number of carbonyl (C=O) groups is 1. The number of hydrogen-bond acceptors (Lipinski definition) is 3. The van der Waals surface area contributed by atoms with Crippen LogP contribution in [0.4, 0.5) is 0 Å². The van der Waals surface area contributed by atoms with E-state index in [1.165, 1.54) is 12.8 Å². The standard InChI is InChI=1S/C14H24N4O.ClH/c1-10(12-4-3-5-15-7-12)6-14(19)18-11(2)13-8-16-17-9-13;/h8-12,15H,3-7H2,1-2H3,(H,16,17)(H,18,19);1H. The van der Waals surface area contributed by atoms with Crippen molar-refractivity contribution in [2.45, 2.75) is 39.2 Å². The zero-order valence-electron chi connectivity index (χ0n) is 12.2. The quantitative estimate of drug-likeness (QED) is 0.779. The molecule has 1 fully saturated rings. The lowest BCUT2D eigenvalue weighted by Gasteiger charge is -2.28. The van der Waals surface area contributed by atoms with Crippen molar-refractivity contribution < 1.29 is 4.79 Å². The SMILES string of the molecule is CC(NC(=O)CC(C)C1CCCNC1)c1cn[nH]c1.Cl. The molecule has 6 heteroatoms. The molecule has 1 aliphatic heterocycles. The molecule has 1 aromatic rings. The van der Waals surface area contributed by atoms with Crippen molar-refractivity contribution in [1.82, 2.24) is 20.8 Å². The Kier molecular flexibility index (Phi) is 7.02. The van der Waals surface area contributed by atoms with Crippen molar-refractivity contribution in [2.24, 2.45) is 11.8 Å². The third kappa shape index (κ3) is 4.80. The molecule has 20 heavy (non-hydrogen) atoms. The minimum atomic E-state index is 0. The van der Waals surface area contributed by atoms with E-state index in [0.29, 0.717) is 18.3 Å². The van der Waals surface area contributed by atoms with Crippen molar-refractivity contribution in [3.63, 3.8) is 0 Å². The zero-order chi connectivity index (χ0) is 13.7. The number of aromatic amines is 1. The monoisotopic (exact) mass is 300 g/mol. The molecule has 0 spiro atoms. The maximum Gasteiger partial charge on any atom is 0.220 e. The van der Waals surface area contributed by atoms with E-state index in [4.69, 9.17) is 0 Å². The number of nitrogens with one attached hydrogen (secondary N) is 3. The summed E-state index contributed by atoms with van der Waals surface area (Å²) in [6.07, 6.45) is 6.63. The lowest BCUT2D eigenvalue weighted by Crippen LogP contribution is -2.36. The molecule has 2 heterocycles. The van der Waals surface area contributed by atoms with E-state index in [0.717, 1.165) is 18.7 Å². The Balaban J connectivity index is 0.00000200. The summed E-state index contributed by atoms with van der Waals surface area (Å²) in [5, 5.41) is 13.1. The molecule has 0 aliphatic carbocycles. The predicted molar refractivity (Wildman–Crippen MR) is 81.8 cm³/mol. The summed E-state index contributed by atoms with van der Waals surface area (Å²) in [7, 11) is 0. The summed E-state index contributed by atoms with van der Waals surface area (Å²) >= 11 is 0. The largest absolute Gasteiger partial charge is 0.349 e. The van der Waals surface area contributed by atoms with E-state index in [9.17, 15) is 4.79 Å². The third-order valence-electron chi connectivity index (χ3n) is 4.04. The summed E-state index contributed by atoms with van der Waals surface area (Å²) in [6, 6.07) is 0.0166. The van der Waals surface area contributed by atoms with Crippen LogP contribution in [0.2, 0.25) is 0 Å². The van der Waals surface area contributed by atoms with Gasteiger partial charge in [-0.1, -0.05) is 6.92 Å². The van der Waals surface area contributed by atoms with Gasteiger partial charge in [0.05, 0.1) is 12.2 Å². The van der Waals surface area contributed by atoms with Crippen molar-refractivity contribution in [2.75, 3.05) is 13.1 Å². The van der Waals surface area contributed by atoms with Crippen LogP contribution in [0, 0.1) is 11.8 Å². The fraction of sp³-hybridized carbons (Fsp3) is 0.714. The maximum atomic E-state index is 12.0. The molecule has 0 saturated carbocycles. The second kappa shape index (κ2) is 8.27. The molecule has 1 saturated heterocycles. The van der Waals surface area contributed by atoms with Gasteiger partial charge in [-0.05, 0) is 44.7 Å². The molecule has 3 unspecified atom stereocenters. The number of nitrogens with zero attached hydrogens (tertiary/aromatic N) is 1. The zero-order valence-corrected chi connectivity index (χ0v) is 13.0. The van der Waals surface area contributed by atoms with Crippen LogP contribution in [0.15, 0.2) is 12.4 Å².